The SMILES string of the molecule is C=CC(=O)NCCOc1ccccc1N=NC(C(=O)Nc1ccc2[nH]c(=O)[nH]c2c1)=C(C)O. The number of nitrogens with zero attached hydrogens (tertiary/aromatic N) is 2. The van der Waals surface area contributed by atoms with Gasteiger partial charge in [0.05, 0.1) is 17.6 Å². The summed E-state index contributed by atoms with van der Waals surface area (Å²) in [5.74, 6) is -0.960. The van der Waals surface area contributed by atoms with Crippen molar-refractivity contribution in [2.75, 3.05) is 18.5 Å². The lowest BCUT2D eigenvalue weighted by atomic mass is 10.2. The molecule has 0 unspecified atom stereocenters. The Bertz CT molecular complexity index is 1300. The Morgan fingerprint density at radius 2 is 1.94 bits per heavy atom. The molecule has 2 amide bonds. The number of hydrogen-bond donors (Lipinski definition) is 5. The second-order valence-electron chi connectivity index (χ2n) is 6.74. The molecule has 33 heavy (non-hydrogen) atoms. The van der Waals surface area contributed by atoms with E-state index in [1.54, 1.807) is 42.5 Å². The van der Waals surface area contributed by atoms with Crippen molar-refractivity contribution in [2.45, 2.75) is 6.92 Å². The van der Waals surface area contributed by atoms with Crippen LogP contribution < -0.4 is 21.1 Å². The Balaban J connectivity index is 1.71. The number of amides is 2. The molecule has 0 fully saturated rings. The second kappa shape index (κ2) is 10.6. The maximum absolute atomic E-state index is 12.7. The van der Waals surface area contributed by atoms with Gasteiger partial charge in [-0.1, -0.05) is 18.7 Å². The van der Waals surface area contributed by atoms with E-state index in [0.717, 1.165) is 6.08 Å². The molecule has 11 nitrogen and oxygen atoms in total. The number of rotatable bonds is 9. The van der Waals surface area contributed by atoms with E-state index in [2.05, 4.69) is 37.4 Å². The fourth-order valence-electron chi connectivity index (χ4n) is 2.76. The third-order valence-corrected chi connectivity index (χ3v) is 4.30. The van der Waals surface area contributed by atoms with Crippen molar-refractivity contribution in [1.82, 2.24) is 15.3 Å². The van der Waals surface area contributed by atoms with Gasteiger partial charge >= 0.3 is 5.69 Å². The van der Waals surface area contributed by atoms with Gasteiger partial charge in [-0.2, -0.15) is 0 Å². The molecule has 0 aliphatic heterocycles. The lowest BCUT2D eigenvalue weighted by Gasteiger charge is -2.09. The first-order chi connectivity index (χ1) is 15.9. The highest BCUT2D eigenvalue weighted by atomic mass is 16.5. The number of para-hydroxylation sites is 1. The summed E-state index contributed by atoms with van der Waals surface area (Å²) in [6, 6.07) is 11.5. The fraction of sp³-hybridized carbons (Fsp3) is 0.136. The molecule has 0 bridgehead atoms. The number of carbonyl (C=O) groups excluding carboxylic acids is 2. The van der Waals surface area contributed by atoms with Crippen molar-refractivity contribution in [2.24, 2.45) is 10.2 Å². The Hall–Kier alpha value is -4.67. The quantitative estimate of drug-likeness (QED) is 0.146. The van der Waals surface area contributed by atoms with Crippen molar-refractivity contribution in [1.29, 1.82) is 0 Å². The van der Waals surface area contributed by atoms with Crippen LogP contribution in [0.4, 0.5) is 11.4 Å². The van der Waals surface area contributed by atoms with Crippen molar-refractivity contribution in [3.8, 4) is 5.75 Å². The van der Waals surface area contributed by atoms with Gasteiger partial charge in [-0.3, -0.25) is 9.59 Å². The lowest BCUT2D eigenvalue weighted by molar-refractivity contribution is -0.116. The van der Waals surface area contributed by atoms with Crippen molar-refractivity contribution >= 4 is 34.2 Å². The van der Waals surface area contributed by atoms with Crippen LogP contribution in [0.5, 0.6) is 5.75 Å². The van der Waals surface area contributed by atoms with E-state index < -0.39 is 5.91 Å². The molecule has 0 saturated carbocycles. The molecule has 170 valence electrons. The lowest BCUT2D eigenvalue weighted by Crippen LogP contribution is -2.26. The molecule has 0 spiro atoms. The Morgan fingerprint density at radius 3 is 2.70 bits per heavy atom. The second-order valence-corrected chi connectivity index (χ2v) is 6.74. The number of anilines is 1. The van der Waals surface area contributed by atoms with Gasteiger partial charge in [0.15, 0.2) is 5.70 Å². The Morgan fingerprint density at radius 1 is 1.18 bits per heavy atom. The van der Waals surface area contributed by atoms with Crippen molar-refractivity contribution in [3.05, 3.63) is 77.1 Å². The zero-order chi connectivity index (χ0) is 23.8. The van der Waals surface area contributed by atoms with Crippen LogP contribution in [0, 0.1) is 0 Å². The van der Waals surface area contributed by atoms with Gasteiger partial charge in [-0.05, 0) is 43.3 Å². The molecule has 3 aromatic rings. The standard InChI is InChI=1S/C22H22N6O5/c1-3-19(30)23-10-11-33-18-7-5-4-6-16(18)27-28-20(13(2)29)21(31)24-14-8-9-15-17(12-14)26-22(32)25-15/h3-9,12,29H,1,10-11H2,2H3,(H,23,30)(H,24,31)(H2,25,26,32). The summed E-state index contributed by atoms with van der Waals surface area (Å²) in [5, 5.41) is 23.1. The topological polar surface area (TPSA) is 161 Å². The molecular weight excluding hydrogens is 428 g/mol. The molecule has 2 aromatic carbocycles. The van der Waals surface area contributed by atoms with Gasteiger partial charge < -0.3 is 30.4 Å². The number of ether oxygens (including phenoxy) is 1. The van der Waals surface area contributed by atoms with E-state index in [4.69, 9.17) is 4.74 Å². The minimum absolute atomic E-state index is 0.179. The molecule has 11 heteroatoms. The number of aliphatic hydroxyl groups is 1. The number of aromatic amines is 2. The van der Waals surface area contributed by atoms with Crippen LogP contribution in [0.2, 0.25) is 0 Å². The molecule has 0 aliphatic rings. The number of allylic oxidation sites excluding steroid dienone is 1. The van der Waals surface area contributed by atoms with E-state index in [9.17, 15) is 19.5 Å². The fourth-order valence-corrected chi connectivity index (χ4v) is 2.76. The number of fused-ring (bicyclic) bond motifs is 1. The van der Waals surface area contributed by atoms with Crippen LogP contribution in [-0.4, -0.2) is 40.0 Å². The largest absolute Gasteiger partial charge is 0.510 e. The maximum Gasteiger partial charge on any atom is 0.323 e. The average Bonchev–Trinajstić information content (AvgIpc) is 3.16. The minimum atomic E-state index is -0.693. The summed E-state index contributed by atoms with van der Waals surface area (Å²) in [7, 11) is 0. The van der Waals surface area contributed by atoms with E-state index in [1.165, 1.54) is 6.92 Å². The smallest absolute Gasteiger partial charge is 0.323 e. The van der Waals surface area contributed by atoms with Gasteiger partial charge in [0.2, 0.25) is 5.91 Å². The number of carbonyl (C=O) groups is 2. The predicted octanol–water partition coefficient (Wildman–Crippen LogP) is 3.05. The predicted molar refractivity (Wildman–Crippen MR) is 123 cm³/mol. The molecule has 0 saturated heterocycles. The van der Waals surface area contributed by atoms with Crippen molar-refractivity contribution in [3.63, 3.8) is 0 Å². The number of imidazole rings is 1. The Labute approximate surface area is 187 Å². The normalized spacial score (nSPS) is 11.8. The van der Waals surface area contributed by atoms with E-state index in [0.29, 0.717) is 28.2 Å². The number of azo groups is 1. The third-order valence-electron chi connectivity index (χ3n) is 4.30. The van der Waals surface area contributed by atoms with Gasteiger partial charge in [-0.15, -0.1) is 10.2 Å². The van der Waals surface area contributed by atoms with E-state index in [1.807, 2.05) is 0 Å². The van der Waals surface area contributed by atoms with Crippen LogP contribution in [0.3, 0.4) is 0 Å². The van der Waals surface area contributed by atoms with Crippen LogP contribution in [0.15, 0.2) is 81.6 Å². The number of benzene rings is 2. The third kappa shape index (κ3) is 6.17. The zero-order valence-corrected chi connectivity index (χ0v) is 17.7. The highest BCUT2D eigenvalue weighted by Gasteiger charge is 2.14. The molecule has 0 aliphatic carbocycles. The van der Waals surface area contributed by atoms with E-state index >= 15 is 0 Å². The summed E-state index contributed by atoms with van der Waals surface area (Å²) in [4.78, 5) is 40.5. The molecule has 0 radical (unpaired) electrons. The highest BCUT2D eigenvalue weighted by molar-refractivity contribution is 6.04. The number of hydrogen-bond acceptors (Lipinski definition) is 7. The summed E-state index contributed by atoms with van der Waals surface area (Å²) >= 11 is 0. The van der Waals surface area contributed by atoms with Crippen LogP contribution in [-0.2, 0) is 9.59 Å². The summed E-state index contributed by atoms with van der Waals surface area (Å²) in [6.45, 7) is 5.12. The first-order valence-electron chi connectivity index (χ1n) is 9.84. The average molecular weight is 450 g/mol. The maximum atomic E-state index is 12.7. The molecule has 3 rings (SSSR count). The Kier molecular flexibility index (Phi) is 7.37. The molecular formula is C22H22N6O5. The van der Waals surface area contributed by atoms with Crippen LogP contribution in [0.25, 0.3) is 11.0 Å². The van der Waals surface area contributed by atoms with Crippen LogP contribution >= 0.6 is 0 Å². The van der Waals surface area contributed by atoms with Gasteiger partial charge in [0, 0.05) is 5.69 Å². The monoisotopic (exact) mass is 450 g/mol. The minimum Gasteiger partial charge on any atom is -0.510 e. The van der Waals surface area contributed by atoms with Gasteiger partial charge in [0.25, 0.3) is 5.91 Å². The summed E-state index contributed by atoms with van der Waals surface area (Å²) < 4.78 is 5.61. The highest BCUT2D eigenvalue weighted by Crippen LogP contribution is 2.28. The van der Waals surface area contributed by atoms with Crippen molar-refractivity contribution < 1.29 is 19.4 Å². The van der Waals surface area contributed by atoms with Gasteiger partial charge in [0.1, 0.15) is 23.8 Å². The summed E-state index contributed by atoms with van der Waals surface area (Å²) in [6.07, 6.45) is 1.16. The number of nitrogens with one attached hydrogen (secondary N) is 4. The number of aliphatic hydroxyl groups excluding tert-OH is 1. The van der Waals surface area contributed by atoms with Crippen LogP contribution in [0.1, 0.15) is 6.92 Å². The molecule has 1 heterocycles. The zero-order valence-electron chi connectivity index (χ0n) is 17.7. The van der Waals surface area contributed by atoms with Gasteiger partial charge in [-0.25, -0.2) is 4.79 Å². The molecule has 0 atom stereocenters. The number of H-pyrrole nitrogens is 2. The molecule has 1 aromatic heterocycles. The summed E-state index contributed by atoms with van der Waals surface area (Å²) in [5.41, 5.74) is 1.16. The molecule has 5 N–H and O–H groups in total. The first-order valence-corrected chi connectivity index (χ1v) is 9.84. The number of aromatic nitrogens is 2. The first kappa shape index (κ1) is 23.0. The van der Waals surface area contributed by atoms with E-state index in [-0.39, 0.29) is 36.2 Å².